The maximum absolute atomic E-state index is 11.7. The fraction of sp³-hybridized carbons (Fsp3) is 0.571. The topological polar surface area (TPSA) is 47.3 Å². The first kappa shape index (κ1) is 9.91. The molecule has 0 aliphatic heterocycles. The molecule has 0 saturated heterocycles. The quantitative estimate of drug-likeness (QED) is 0.739. The van der Waals surface area contributed by atoms with Crippen LogP contribution in [0.15, 0.2) is 12.4 Å². The molecule has 1 aromatic rings. The maximum atomic E-state index is 11.7. The minimum absolute atomic E-state index is 0.0457. The van der Waals surface area contributed by atoms with E-state index < -0.39 is 13.0 Å². The SMILES string of the molecule is OCCn1cc(OCC(F)F)cn1. The van der Waals surface area contributed by atoms with E-state index in [4.69, 9.17) is 5.11 Å². The summed E-state index contributed by atoms with van der Waals surface area (Å²) in [5.41, 5.74) is 0. The van der Waals surface area contributed by atoms with Crippen molar-refractivity contribution in [3.8, 4) is 5.75 Å². The van der Waals surface area contributed by atoms with Gasteiger partial charge in [-0.3, -0.25) is 4.68 Å². The molecule has 1 N–H and O–H groups in total. The Kier molecular flexibility index (Phi) is 3.63. The van der Waals surface area contributed by atoms with Crippen LogP contribution < -0.4 is 4.74 Å². The van der Waals surface area contributed by atoms with E-state index in [0.29, 0.717) is 6.54 Å². The second-order valence-electron chi connectivity index (χ2n) is 2.36. The average Bonchev–Trinajstić information content (AvgIpc) is 2.50. The molecule has 1 rings (SSSR count). The van der Waals surface area contributed by atoms with E-state index in [-0.39, 0.29) is 12.4 Å². The molecule has 0 unspecified atom stereocenters. The number of aromatic nitrogens is 2. The zero-order valence-electron chi connectivity index (χ0n) is 6.86. The maximum Gasteiger partial charge on any atom is 0.272 e. The Morgan fingerprint density at radius 3 is 3.00 bits per heavy atom. The molecule has 0 atom stereocenters. The summed E-state index contributed by atoms with van der Waals surface area (Å²) >= 11 is 0. The first-order valence-electron chi connectivity index (χ1n) is 3.76. The van der Waals surface area contributed by atoms with E-state index in [2.05, 4.69) is 9.84 Å². The van der Waals surface area contributed by atoms with Gasteiger partial charge in [0.2, 0.25) is 0 Å². The number of aliphatic hydroxyl groups excluding tert-OH is 1. The molecule has 6 heteroatoms. The summed E-state index contributed by atoms with van der Waals surface area (Å²) in [6.45, 7) is -0.348. The highest BCUT2D eigenvalue weighted by Crippen LogP contribution is 2.09. The standard InChI is InChI=1S/C7H10F2N2O2/c8-7(9)5-13-6-3-10-11(4-6)1-2-12/h3-4,7,12H,1-2,5H2. The van der Waals surface area contributed by atoms with Crippen molar-refractivity contribution in [1.82, 2.24) is 9.78 Å². The zero-order chi connectivity index (χ0) is 9.68. The van der Waals surface area contributed by atoms with Crippen molar-refractivity contribution in [1.29, 1.82) is 0 Å². The largest absolute Gasteiger partial charge is 0.484 e. The third-order valence-electron chi connectivity index (χ3n) is 1.31. The van der Waals surface area contributed by atoms with Crippen LogP contribution in [0.3, 0.4) is 0 Å². The smallest absolute Gasteiger partial charge is 0.272 e. The number of hydrogen-bond donors (Lipinski definition) is 1. The number of hydrogen-bond acceptors (Lipinski definition) is 3. The van der Waals surface area contributed by atoms with Gasteiger partial charge in [0.05, 0.1) is 25.5 Å². The van der Waals surface area contributed by atoms with Gasteiger partial charge in [-0.15, -0.1) is 0 Å². The van der Waals surface area contributed by atoms with Gasteiger partial charge in [0.15, 0.2) is 5.75 Å². The lowest BCUT2D eigenvalue weighted by molar-refractivity contribution is 0.0818. The highest BCUT2D eigenvalue weighted by atomic mass is 19.3. The predicted octanol–water partition coefficient (Wildman–Crippen LogP) is 0.519. The fourth-order valence-corrected chi connectivity index (χ4v) is 0.803. The molecule has 0 aliphatic rings. The van der Waals surface area contributed by atoms with Crippen LogP contribution in [-0.4, -0.2) is 34.5 Å². The average molecular weight is 192 g/mol. The lowest BCUT2D eigenvalue weighted by Gasteiger charge is -2.00. The Morgan fingerprint density at radius 1 is 1.62 bits per heavy atom. The van der Waals surface area contributed by atoms with Gasteiger partial charge in [-0.1, -0.05) is 0 Å². The van der Waals surface area contributed by atoms with Crippen molar-refractivity contribution >= 4 is 0 Å². The van der Waals surface area contributed by atoms with E-state index in [1.54, 1.807) is 0 Å². The zero-order valence-corrected chi connectivity index (χ0v) is 6.86. The fourth-order valence-electron chi connectivity index (χ4n) is 0.803. The van der Waals surface area contributed by atoms with Crippen molar-refractivity contribution in [2.24, 2.45) is 0 Å². The predicted molar refractivity (Wildman–Crippen MR) is 40.8 cm³/mol. The Labute approximate surface area is 73.7 Å². The molecule has 74 valence electrons. The van der Waals surface area contributed by atoms with Crippen LogP contribution in [0.4, 0.5) is 8.78 Å². The second-order valence-corrected chi connectivity index (χ2v) is 2.36. The molecular weight excluding hydrogens is 182 g/mol. The Hall–Kier alpha value is -1.17. The first-order valence-corrected chi connectivity index (χ1v) is 3.76. The van der Waals surface area contributed by atoms with Crippen molar-refractivity contribution in [2.75, 3.05) is 13.2 Å². The van der Waals surface area contributed by atoms with Crippen molar-refractivity contribution in [2.45, 2.75) is 13.0 Å². The molecular formula is C7H10F2N2O2. The molecule has 0 radical (unpaired) electrons. The number of halogens is 2. The molecule has 13 heavy (non-hydrogen) atoms. The molecule has 0 aromatic carbocycles. The van der Waals surface area contributed by atoms with Gasteiger partial charge in [-0.25, -0.2) is 8.78 Å². The highest BCUT2D eigenvalue weighted by molar-refractivity contribution is 5.11. The minimum Gasteiger partial charge on any atom is -0.484 e. The highest BCUT2D eigenvalue weighted by Gasteiger charge is 2.04. The second kappa shape index (κ2) is 4.76. The van der Waals surface area contributed by atoms with E-state index in [1.165, 1.54) is 17.1 Å². The van der Waals surface area contributed by atoms with E-state index >= 15 is 0 Å². The molecule has 0 fully saturated rings. The molecule has 0 aliphatic carbocycles. The summed E-state index contributed by atoms with van der Waals surface area (Å²) in [6, 6.07) is 0. The Morgan fingerprint density at radius 2 is 2.38 bits per heavy atom. The molecule has 0 bridgehead atoms. The summed E-state index contributed by atoms with van der Waals surface area (Å²) in [6.07, 6.45) is 0.303. The summed E-state index contributed by atoms with van der Waals surface area (Å²) in [5.74, 6) is 0.286. The van der Waals surface area contributed by atoms with Crippen LogP contribution in [0.2, 0.25) is 0 Å². The lowest BCUT2D eigenvalue weighted by atomic mass is 10.6. The van der Waals surface area contributed by atoms with Gasteiger partial charge < -0.3 is 9.84 Å². The first-order chi connectivity index (χ1) is 6.22. The Balaban J connectivity index is 2.39. The van der Waals surface area contributed by atoms with Crippen LogP contribution in [-0.2, 0) is 6.54 Å². The number of ether oxygens (including phenoxy) is 1. The van der Waals surface area contributed by atoms with Crippen LogP contribution in [0, 0.1) is 0 Å². The minimum atomic E-state index is -2.49. The summed E-state index contributed by atoms with van der Waals surface area (Å²) in [7, 11) is 0. The number of rotatable bonds is 5. The van der Waals surface area contributed by atoms with Crippen LogP contribution in [0.25, 0.3) is 0 Å². The summed E-state index contributed by atoms with van der Waals surface area (Å²) in [4.78, 5) is 0. The number of alkyl halides is 2. The molecule has 1 heterocycles. The normalized spacial score (nSPS) is 10.8. The van der Waals surface area contributed by atoms with Gasteiger partial charge >= 0.3 is 0 Å². The Bertz CT molecular complexity index is 252. The van der Waals surface area contributed by atoms with Gasteiger partial charge in [0.1, 0.15) is 6.61 Å². The van der Waals surface area contributed by atoms with Gasteiger partial charge in [-0.2, -0.15) is 5.10 Å². The summed E-state index contributed by atoms with van der Waals surface area (Å²) in [5, 5.41) is 12.3. The monoisotopic (exact) mass is 192 g/mol. The van der Waals surface area contributed by atoms with Gasteiger partial charge in [0, 0.05) is 0 Å². The third-order valence-corrected chi connectivity index (χ3v) is 1.31. The van der Waals surface area contributed by atoms with Crippen LogP contribution in [0.1, 0.15) is 0 Å². The van der Waals surface area contributed by atoms with Crippen molar-refractivity contribution in [3.05, 3.63) is 12.4 Å². The van der Waals surface area contributed by atoms with Crippen molar-refractivity contribution in [3.63, 3.8) is 0 Å². The van der Waals surface area contributed by atoms with Gasteiger partial charge in [-0.05, 0) is 0 Å². The number of aliphatic hydroxyl groups is 1. The van der Waals surface area contributed by atoms with E-state index in [1.807, 2.05) is 0 Å². The third kappa shape index (κ3) is 3.37. The molecule has 4 nitrogen and oxygen atoms in total. The van der Waals surface area contributed by atoms with Crippen LogP contribution >= 0.6 is 0 Å². The molecule has 0 amide bonds. The van der Waals surface area contributed by atoms with Crippen molar-refractivity contribution < 1.29 is 18.6 Å². The molecule has 1 aromatic heterocycles. The lowest BCUT2D eigenvalue weighted by Crippen LogP contribution is -2.06. The molecule has 0 spiro atoms. The van der Waals surface area contributed by atoms with E-state index in [0.717, 1.165) is 0 Å². The number of nitrogens with zero attached hydrogens (tertiary/aromatic N) is 2. The molecule has 0 saturated carbocycles. The van der Waals surface area contributed by atoms with Gasteiger partial charge in [0.25, 0.3) is 6.43 Å². The summed E-state index contributed by atoms with van der Waals surface area (Å²) < 4.78 is 29.5. The van der Waals surface area contributed by atoms with Crippen LogP contribution in [0.5, 0.6) is 5.75 Å². The van der Waals surface area contributed by atoms with E-state index in [9.17, 15) is 8.78 Å².